The summed E-state index contributed by atoms with van der Waals surface area (Å²) in [5.74, 6) is -0.179. The number of halogens is 1. The first-order valence-corrected chi connectivity index (χ1v) is 8.01. The summed E-state index contributed by atoms with van der Waals surface area (Å²) in [5.41, 5.74) is 0.950. The summed E-state index contributed by atoms with van der Waals surface area (Å²) >= 11 is 1.62. The maximum Gasteiger partial charge on any atom is 0.132 e. The molecule has 1 unspecified atom stereocenters. The largest absolute Gasteiger partial charge is 0.379 e. The molecular weight excluding hydrogens is 289 g/mol. The van der Waals surface area contributed by atoms with Crippen LogP contribution in [0.5, 0.6) is 0 Å². The number of rotatable bonds is 8. The van der Waals surface area contributed by atoms with Crippen LogP contribution in [0, 0.1) is 5.82 Å². The lowest BCUT2D eigenvalue weighted by atomic mass is 10.1. The van der Waals surface area contributed by atoms with Crippen LogP contribution in [0.25, 0.3) is 10.1 Å². The summed E-state index contributed by atoms with van der Waals surface area (Å²) < 4.78 is 26.3. The molecule has 0 aliphatic carbocycles. The van der Waals surface area contributed by atoms with E-state index in [-0.39, 0.29) is 11.9 Å². The van der Waals surface area contributed by atoms with Crippen LogP contribution in [-0.2, 0) is 22.6 Å². The molecule has 1 heterocycles. The Balaban J connectivity index is 2.21. The van der Waals surface area contributed by atoms with E-state index in [1.165, 1.54) is 6.07 Å². The minimum absolute atomic E-state index is 0.00545. The molecule has 0 saturated carbocycles. The van der Waals surface area contributed by atoms with E-state index in [9.17, 15) is 4.39 Å². The zero-order chi connectivity index (χ0) is 15.2. The Hall–Kier alpha value is -1.01. The van der Waals surface area contributed by atoms with Gasteiger partial charge in [-0.2, -0.15) is 0 Å². The number of hydrogen-bond acceptors (Lipinski definition) is 4. The molecule has 0 saturated heterocycles. The fourth-order valence-corrected chi connectivity index (χ4v) is 3.47. The molecule has 2 rings (SSSR count). The van der Waals surface area contributed by atoms with Crippen molar-refractivity contribution in [3.63, 3.8) is 0 Å². The quantitative estimate of drug-likeness (QED) is 0.806. The second-order valence-electron chi connectivity index (χ2n) is 4.93. The fraction of sp³-hybridized carbons (Fsp3) is 0.500. The van der Waals surface area contributed by atoms with Crippen molar-refractivity contribution in [3.05, 3.63) is 34.5 Å². The number of ether oxygens (including phenoxy) is 2. The summed E-state index contributed by atoms with van der Waals surface area (Å²) in [5, 5.41) is 3.83. The van der Waals surface area contributed by atoms with Crippen molar-refractivity contribution < 1.29 is 13.9 Å². The molecule has 0 aliphatic heterocycles. The van der Waals surface area contributed by atoms with E-state index in [1.54, 1.807) is 17.4 Å². The highest BCUT2D eigenvalue weighted by Gasteiger charge is 2.16. The summed E-state index contributed by atoms with van der Waals surface area (Å²) in [6, 6.07) is 5.21. The van der Waals surface area contributed by atoms with Crippen LogP contribution in [0.4, 0.5) is 4.39 Å². The first-order valence-electron chi connectivity index (χ1n) is 7.20. The van der Waals surface area contributed by atoms with Gasteiger partial charge in [0.05, 0.1) is 19.3 Å². The third kappa shape index (κ3) is 4.01. The van der Waals surface area contributed by atoms with Gasteiger partial charge in [-0.3, -0.25) is 0 Å². The number of fused-ring (bicyclic) bond motifs is 1. The molecule has 0 spiro atoms. The van der Waals surface area contributed by atoms with E-state index >= 15 is 0 Å². The topological polar surface area (TPSA) is 30.5 Å². The Morgan fingerprint density at radius 1 is 1.38 bits per heavy atom. The predicted molar refractivity (Wildman–Crippen MR) is 85.3 cm³/mol. The van der Waals surface area contributed by atoms with Gasteiger partial charge < -0.3 is 14.8 Å². The molecule has 5 heteroatoms. The Bertz CT molecular complexity index is 585. The third-order valence-electron chi connectivity index (χ3n) is 3.25. The minimum Gasteiger partial charge on any atom is -0.379 e. The van der Waals surface area contributed by atoms with Crippen molar-refractivity contribution in [2.75, 3.05) is 20.3 Å². The molecular formula is C16H22FNO2S. The number of thiophene rings is 1. The van der Waals surface area contributed by atoms with E-state index in [1.807, 2.05) is 27.0 Å². The molecule has 0 bridgehead atoms. The van der Waals surface area contributed by atoms with Gasteiger partial charge in [-0.05, 0) is 33.0 Å². The average molecular weight is 311 g/mol. The van der Waals surface area contributed by atoms with Crippen molar-refractivity contribution in [2.45, 2.75) is 33.1 Å². The van der Waals surface area contributed by atoms with Gasteiger partial charge in [0.1, 0.15) is 5.82 Å². The molecule has 0 radical (unpaired) electrons. The SMILES string of the molecule is CCOCC(C)OCc1c(CNC)sc2cccc(F)c12. The zero-order valence-corrected chi connectivity index (χ0v) is 13.6. The third-order valence-corrected chi connectivity index (χ3v) is 4.45. The van der Waals surface area contributed by atoms with Crippen LogP contribution in [0.2, 0.25) is 0 Å². The van der Waals surface area contributed by atoms with Gasteiger partial charge in [0.25, 0.3) is 0 Å². The van der Waals surface area contributed by atoms with Crippen LogP contribution in [0.1, 0.15) is 24.3 Å². The highest BCUT2D eigenvalue weighted by Crippen LogP contribution is 2.33. The molecule has 1 N–H and O–H groups in total. The van der Waals surface area contributed by atoms with E-state index in [4.69, 9.17) is 9.47 Å². The van der Waals surface area contributed by atoms with Gasteiger partial charge in [0, 0.05) is 33.7 Å². The van der Waals surface area contributed by atoms with Crippen molar-refractivity contribution >= 4 is 21.4 Å². The highest BCUT2D eigenvalue weighted by atomic mass is 32.1. The summed E-state index contributed by atoms with van der Waals surface area (Å²) in [6.45, 7) is 6.29. The second-order valence-corrected chi connectivity index (χ2v) is 6.06. The highest BCUT2D eigenvalue weighted by molar-refractivity contribution is 7.19. The van der Waals surface area contributed by atoms with Gasteiger partial charge >= 0.3 is 0 Å². The first-order chi connectivity index (χ1) is 10.2. The smallest absolute Gasteiger partial charge is 0.132 e. The van der Waals surface area contributed by atoms with Gasteiger partial charge in [-0.1, -0.05) is 6.07 Å². The first kappa shape index (κ1) is 16.4. The van der Waals surface area contributed by atoms with Crippen molar-refractivity contribution in [1.29, 1.82) is 0 Å². The maximum absolute atomic E-state index is 14.1. The van der Waals surface area contributed by atoms with Crippen LogP contribution < -0.4 is 5.32 Å². The van der Waals surface area contributed by atoms with Gasteiger partial charge in [-0.15, -0.1) is 11.3 Å². The lowest BCUT2D eigenvalue weighted by Gasteiger charge is -2.13. The van der Waals surface area contributed by atoms with Gasteiger partial charge in [0.15, 0.2) is 0 Å². The molecule has 0 amide bonds. The summed E-state index contributed by atoms with van der Waals surface area (Å²) in [4.78, 5) is 1.13. The Kier molecular flexibility index (Phi) is 6.11. The predicted octanol–water partition coefficient (Wildman–Crippen LogP) is 3.70. The van der Waals surface area contributed by atoms with Gasteiger partial charge in [0.2, 0.25) is 0 Å². The molecule has 1 aromatic carbocycles. The average Bonchev–Trinajstić information content (AvgIpc) is 2.82. The Labute approximate surface area is 129 Å². The molecule has 1 atom stereocenters. The standard InChI is InChI=1S/C16H22FNO2S/c1-4-19-9-11(2)20-10-12-15(8-18-3)21-14-7-5-6-13(17)16(12)14/h5-7,11,18H,4,8-10H2,1-3H3. The number of hydrogen-bond donors (Lipinski definition) is 1. The van der Waals surface area contributed by atoms with Crippen molar-refractivity contribution in [2.24, 2.45) is 0 Å². The molecule has 2 aromatic rings. The normalized spacial score (nSPS) is 13.0. The van der Waals surface area contributed by atoms with E-state index < -0.39 is 0 Å². The summed E-state index contributed by atoms with van der Waals surface area (Å²) in [6.07, 6.45) is -0.00545. The Morgan fingerprint density at radius 2 is 2.19 bits per heavy atom. The molecule has 0 aliphatic rings. The molecule has 1 aromatic heterocycles. The van der Waals surface area contributed by atoms with Crippen LogP contribution in [0.3, 0.4) is 0 Å². The summed E-state index contributed by atoms with van der Waals surface area (Å²) in [7, 11) is 1.89. The Morgan fingerprint density at radius 3 is 2.90 bits per heavy atom. The van der Waals surface area contributed by atoms with E-state index in [0.717, 1.165) is 21.7 Å². The number of nitrogens with one attached hydrogen (secondary N) is 1. The van der Waals surface area contributed by atoms with Gasteiger partial charge in [-0.25, -0.2) is 4.39 Å². The molecule has 116 valence electrons. The minimum atomic E-state index is -0.179. The van der Waals surface area contributed by atoms with Crippen molar-refractivity contribution in [3.8, 4) is 0 Å². The maximum atomic E-state index is 14.1. The van der Waals surface area contributed by atoms with E-state index in [0.29, 0.717) is 25.2 Å². The molecule has 21 heavy (non-hydrogen) atoms. The number of benzene rings is 1. The zero-order valence-electron chi connectivity index (χ0n) is 12.7. The van der Waals surface area contributed by atoms with Crippen molar-refractivity contribution in [1.82, 2.24) is 5.32 Å². The second kappa shape index (κ2) is 7.84. The lowest BCUT2D eigenvalue weighted by Crippen LogP contribution is -2.16. The molecule has 0 fully saturated rings. The monoisotopic (exact) mass is 311 g/mol. The fourth-order valence-electron chi connectivity index (χ4n) is 2.23. The molecule has 3 nitrogen and oxygen atoms in total. The van der Waals surface area contributed by atoms with Crippen LogP contribution in [-0.4, -0.2) is 26.4 Å². The van der Waals surface area contributed by atoms with Crippen LogP contribution in [0.15, 0.2) is 18.2 Å². The van der Waals surface area contributed by atoms with Crippen LogP contribution >= 0.6 is 11.3 Å². The lowest BCUT2D eigenvalue weighted by molar-refractivity contribution is -0.0114. The van der Waals surface area contributed by atoms with E-state index in [2.05, 4.69) is 5.32 Å².